The molecule has 1 unspecified atom stereocenters. The molecule has 1 heteroatoms. The molecule has 0 nitrogen and oxygen atoms in total. The maximum atomic E-state index is 3.15. The van der Waals surface area contributed by atoms with Crippen molar-refractivity contribution < 1.29 is 0 Å². The van der Waals surface area contributed by atoms with E-state index in [1.807, 2.05) is 0 Å². The first kappa shape index (κ1) is 9.00. The Labute approximate surface area is 78.7 Å². The summed E-state index contributed by atoms with van der Waals surface area (Å²) in [4.78, 5) is 0. The summed E-state index contributed by atoms with van der Waals surface area (Å²) in [7, 11) is 3.15. The van der Waals surface area contributed by atoms with Gasteiger partial charge in [-0.3, -0.25) is 0 Å². The minimum atomic E-state index is 0.968. The Morgan fingerprint density at radius 2 is 1.08 bits per heavy atom. The molecule has 0 saturated heterocycles. The topological polar surface area (TPSA) is 0 Å². The summed E-state index contributed by atoms with van der Waals surface area (Å²) in [6.45, 7) is 0. The van der Waals surface area contributed by atoms with Crippen molar-refractivity contribution in [1.29, 1.82) is 0 Å². The van der Waals surface area contributed by atoms with Crippen molar-refractivity contribution in [1.82, 2.24) is 0 Å². The lowest BCUT2D eigenvalue weighted by Gasteiger charge is -2.24. The van der Waals surface area contributed by atoms with Crippen LogP contribution >= 0.6 is 9.24 Å². The molecule has 0 heterocycles. The first-order valence-corrected chi connectivity index (χ1v) is 6.30. The Hall–Kier alpha value is 0.430. The van der Waals surface area contributed by atoms with Crippen LogP contribution in [0.25, 0.3) is 0 Å². The second-order valence-corrected chi connectivity index (χ2v) is 5.44. The van der Waals surface area contributed by atoms with E-state index in [2.05, 4.69) is 9.24 Å². The van der Waals surface area contributed by atoms with Crippen molar-refractivity contribution in [3.05, 3.63) is 0 Å². The van der Waals surface area contributed by atoms with E-state index in [0.717, 1.165) is 17.5 Å². The van der Waals surface area contributed by atoms with Gasteiger partial charge in [-0.05, 0) is 43.2 Å². The van der Waals surface area contributed by atoms with E-state index < -0.39 is 0 Å². The largest absolute Gasteiger partial charge is 0.134 e. The van der Waals surface area contributed by atoms with Crippen LogP contribution in [0.3, 0.4) is 0 Å². The first-order valence-electron chi connectivity index (χ1n) is 5.63. The van der Waals surface area contributed by atoms with E-state index in [1.165, 1.54) is 51.4 Å². The van der Waals surface area contributed by atoms with Gasteiger partial charge in [0.2, 0.25) is 0 Å². The van der Waals surface area contributed by atoms with Gasteiger partial charge < -0.3 is 0 Å². The van der Waals surface area contributed by atoms with Gasteiger partial charge in [-0.1, -0.05) is 25.7 Å². The van der Waals surface area contributed by atoms with Crippen molar-refractivity contribution in [3.63, 3.8) is 0 Å². The minimum Gasteiger partial charge on any atom is -0.134 e. The van der Waals surface area contributed by atoms with E-state index >= 15 is 0 Å². The highest BCUT2D eigenvalue weighted by atomic mass is 31.0. The zero-order valence-electron chi connectivity index (χ0n) is 7.97. The minimum absolute atomic E-state index is 0.968. The summed E-state index contributed by atoms with van der Waals surface area (Å²) in [5, 5.41) is 0. The fourth-order valence-electron chi connectivity index (χ4n) is 3.07. The molecule has 0 aliphatic heterocycles. The van der Waals surface area contributed by atoms with E-state index in [4.69, 9.17) is 0 Å². The maximum absolute atomic E-state index is 3.15. The van der Waals surface area contributed by atoms with Crippen LogP contribution < -0.4 is 0 Å². The summed E-state index contributed by atoms with van der Waals surface area (Å²) in [6.07, 6.45) is 12.1. The van der Waals surface area contributed by atoms with Crippen molar-refractivity contribution in [3.8, 4) is 0 Å². The SMILES string of the molecule is PC(C1CCCC1)C1CCCC1. The second-order valence-electron chi connectivity index (χ2n) is 4.67. The molecular weight excluding hydrogens is 163 g/mol. The highest BCUT2D eigenvalue weighted by Crippen LogP contribution is 2.41. The van der Waals surface area contributed by atoms with Crippen molar-refractivity contribution in [2.75, 3.05) is 0 Å². The fraction of sp³-hybridized carbons (Fsp3) is 1.00. The number of hydrogen-bond acceptors (Lipinski definition) is 0. The molecule has 0 aromatic rings. The van der Waals surface area contributed by atoms with Gasteiger partial charge in [-0.2, -0.15) is 0 Å². The molecule has 0 radical (unpaired) electrons. The van der Waals surface area contributed by atoms with Gasteiger partial charge in [0, 0.05) is 0 Å². The molecular formula is C11H21P. The monoisotopic (exact) mass is 184 g/mol. The molecule has 0 aromatic carbocycles. The summed E-state index contributed by atoms with van der Waals surface area (Å²) in [6, 6.07) is 0. The molecule has 0 aromatic heterocycles. The molecule has 0 amide bonds. The van der Waals surface area contributed by atoms with Crippen LogP contribution in [0.5, 0.6) is 0 Å². The van der Waals surface area contributed by atoms with Gasteiger partial charge in [0.25, 0.3) is 0 Å². The third-order valence-corrected chi connectivity index (χ3v) is 4.98. The van der Waals surface area contributed by atoms with Gasteiger partial charge in [0.1, 0.15) is 0 Å². The molecule has 2 aliphatic rings. The van der Waals surface area contributed by atoms with E-state index in [1.54, 1.807) is 0 Å². The van der Waals surface area contributed by atoms with E-state index in [9.17, 15) is 0 Å². The number of rotatable bonds is 2. The molecule has 12 heavy (non-hydrogen) atoms. The molecule has 2 rings (SSSR count). The highest BCUT2D eigenvalue weighted by molar-refractivity contribution is 7.17. The lowest BCUT2D eigenvalue weighted by atomic mass is 9.91. The van der Waals surface area contributed by atoms with E-state index in [0.29, 0.717) is 0 Å². The van der Waals surface area contributed by atoms with Gasteiger partial charge in [0.05, 0.1) is 0 Å². The van der Waals surface area contributed by atoms with Crippen LogP contribution in [-0.4, -0.2) is 5.66 Å². The van der Waals surface area contributed by atoms with Crippen molar-refractivity contribution in [2.45, 2.75) is 57.0 Å². The second kappa shape index (κ2) is 4.09. The van der Waals surface area contributed by atoms with Gasteiger partial charge >= 0.3 is 0 Å². The van der Waals surface area contributed by atoms with Crippen LogP contribution in [0.1, 0.15) is 51.4 Å². The summed E-state index contributed by atoms with van der Waals surface area (Å²) >= 11 is 0. The Morgan fingerprint density at radius 1 is 0.750 bits per heavy atom. The maximum Gasteiger partial charge on any atom is -0.0208 e. The summed E-state index contributed by atoms with van der Waals surface area (Å²) in [5.74, 6) is 2.14. The zero-order valence-corrected chi connectivity index (χ0v) is 9.12. The van der Waals surface area contributed by atoms with Crippen LogP contribution in [-0.2, 0) is 0 Å². The standard InChI is InChI=1S/C11H21P/c12-11(9-5-1-2-6-9)10-7-3-4-8-10/h9-11H,1-8,12H2. The van der Waals surface area contributed by atoms with Crippen LogP contribution in [0.15, 0.2) is 0 Å². The lowest BCUT2D eigenvalue weighted by Crippen LogP contribution is -2.19. The van der Waals surface area contributed by atoms with Crippen LogP contribution in [0, 0.1) is 11.8 Å². The molecule has 2 fully saturated rings. The van der Waals surface area contributed by atoms with Crippen molar-refractivity contribution >= 4 is 9.24 Å². The Bertz CT molecular complexity index is 116. The average molecular weight is 184 g/mol. The fourth-order valence-corrected chi connectivity index (χ4v) is 3.84. The molecule has 0 bridgehead atoms. The molecule has 70 valence electrons. The quantitative estimate of drug-likeness (QED) is 0.575. The Morgan fingerprint density at radius 3 is 1.42 bits per heavy atom. The summed E-state index contributed by atoms with van der Waals surface area (Å²) < 4.78 is 0. The predicted molar refractivity (Wildman–Crippen MR) is 57.4 cm³/mol. The Balaban J connectivity index is 1.84. The normalized spacial score (nSPS) is 27.5. The molecule has 0 N–H and O–H groups in total. The van der Waals surface area contributed by atoms with Crippen molar-refractivity contribution in [2.24, 2.45) is 11.8 Å². The van der Waals surface area contributed by atoms with Crippen LogP contribution in [0.4, 0.5) is 0 Å². The lowest BCUT2D eigenvalue weighted by molar-refractivity contribution is 0.397. The number of hydrogen-bond donors (Lipinski definition) is 0. The molecule has 0 spiro atoms. The third-order valence-electron chi connectivity index (χ3n) is 3.89. The smallest absolute Gasteiger partial charge is 0.0208 e. The highest BCUT2D eigenvalue weighted by Gasteiger charge is 2.29. The van der Waals surface area contributed by atoms with E-state index in [-0.39, 0.29) is 0 Å². The molecule has 2 saturated carbocycles. The predicted octanol–water partition coefficient (Wildman–Crippen LogP) is 3.61. The van der Waals surface area contributed by atoms with Gasteiger partial charge in [-0.15, -0.1) is 9.24 Å². The Kier molecular flexibility index (Phi) is 3.07. The van der Waals surface area contributed by atoms with Gasteiger partial charge in [-0.25, -0.2) is 0 Å². The first-order chi connectivity index (χ1) is 5.88. The third kappa shape index (κ3) is 1.84. The molecule has 2 aliphatic carbocycles. The summed E-state index contributed by atoms with van der Waals surface area (Å²) in [5.41, 5.74) is 0.968. The average Bonchev–Trinajstić information content (AvgIpc) is 2.77. The van der Waals surface area contributed by atoms with Gasteiger partial charge in [0.15, 0.2) is 0 Å². The molecule has 1 atom stereocenters. The van der Waals surface area contributed by atoms with Crippen LogP contribution in [0.2, 0.25) is 0 Å². The zero-order chi connectivity index (χ0) is 8.39.